The van der Waals surface area contributed by atoms with Crippen molar-refractivity contribution < 1.29 is 46.7 Å². The quantitative estimate of drug-likeness (QED) is 0.0407. The van der Waals surface area contributed by atoms with Gasteiger partial charge >= 0.3 is 6.18 Å². The molecule has 0 heterocycles. The predicted octanol–water partition coefficient (Wildman–Crippen LogP) is 14.2. The normalized spacial score (nSPS) is 13.9. The van der Waals surface area contributed by atoms with Crippen LogP contribution in [0.2, 0.25) is 0 Å². The van der Waals surface area contributed by atoms with Crippen LogP contribution >= 0.6 is 0 Å². The van der Waals surface area contributed by atoms with Crippen LogP contribution in [0.4, 0.5) is 17.7 Å². The van der Waals surface area contributed by atoms with Crippen molar-refractivity contribution in [2.24, 2.45) is 5.92 Å². The van der Waals surface area contributed by atoms with E-state index in [9.17, 15) is 17.7 Å². The van der Waals surface area contributed by atoms with E-state index < -0.39 is 19.4 Å². The van der Waals surface area contributed by atoms with Gasteiger partial charge in [-0.3, -0.25) is 0 Å². The molecule has 0 aliphatic heterocycles. The summed E-state index contributed by atoms with van der Waals surface area (Å²) in [7, 11) is 1.53. The van der Waals surface area contributed by atoms with E-state index in [4.69, 9.17) is 19.0 Å². The molecule has 3 aromatic carbocycles. The number of halogens is 4. The van der Waals surface area contributed by atoms with E-state index in [2.05, 4.69) is 79.3 Å². The number of unbranched alkanes of at least 4 members (excludes halogenated alkanes) is 1. The zero-order valence-corrected chi connectivity index (χ0v) is 33.4. The summed E-state index contributed by atoms with van der Waals surface area (Å²) in [6.45, 7) is 26.9. The lowest BCUT2D eigenvalue weighted by atomic mass is 9.77. The zero-order chi connectivity index (χ0) is 41.8. The third-order valence-corrected chi connectivity index (χ3v) is 7.64. The largest absolute Gasteiger partial charge is 0.467 e. The van der Waals surface area contributed by atoms with Crippen LogP contribution < -0.4 is 9.47 Å². The Morgan fingerprint density at radius 2 is 1.13 bits per heavy atom. The second-order valence-electron chi connectivity index (χ2n) is 10.9. The molecule has 1 aliphatic carbocycles. The SMILES string of the molecule is C=C.C=C.C=CC.C=O.CC.CC.COCOc1cc(OCOOF)cc(-c2ccc(-c3ccc(C4CCC(CCCCC(F)(F)F)CC4)cc3)cc2)c1. The summed E-state index contributed by atoms with van der Waals surface area (Å²) in [6.07, 6.45) is 3.19. The molecular weight excluding hydrogens is 700 g/mol. The first-order valence-electron chi connectivity index (χ1n) is 18.2. The summed E-state index contributed by atoms with van der Waals surface area (Å²) in [6, 6.07) is 22.1. The molecule has 1 saturated carbocycles. The van der Waals surface area contributed by atoms with Gasteiger partial charge in [0.15, 0.2) is 6.79 Å². The van der Waals surface area contributed by atoms with Gasteiger partial charge in [0.2, 0.25) is 6.79 Å². The molecule has 0 saturated heterocycles. The molecule has 304 valence electrons. The van der Waals surface area contributed by atoms with Crippen molar-refractivity contribution in [1.29, 1.82) is 0 Å². The van der Waals surface area contributed by atoms with E-state index in [1.807, 2.05) is 59.6 Å². The maximum atomic E-state index is 12.4. The summed E-state index contributed by atoms with van der Waals surface area (Å²) < 4.78 is 64.8. The molecule has 0 aromatic heterocycles. The van der Waals surface area contributed by atoms with Crippen LogP contribution in [-0.2, 0) is 19.5 Å². The maximum absolute atomic E-state index is 12.4. The number of alkyl halides is 3. The average Bonchev–Trinajstić information content (AvgIpc) is 3.23. The van der Waals surface area contributed by atoms with Gasteiger partial charge in [0, 0.05) is 19.6 Å². The van der Waals surface area contributed by atoms with E-state index in [1.54, 1.807) is 18.2 Å². The first-order valence-corrected chi connectivity index (χ1v) is 18.2. The minimum absolute atomic E-state index is 0.0642. The fourth-order valence-corrected chi connectivity index (χ4v) is 5.49. The number of hydrogen-bond donors (Lipinski definition) is 0. The van der Waals surface area contributed by atoms with Crippen molar-refractivity contribution in [3.63, 3.8) is 0 Å². The Labute approximate surface area is 322 Å². The number of rotatable bonds is 14. The van der Waals surface area contributed by atoms with Gasteiger partial charge in [-0.1, -0.05) is 95.1 Å². The highest BCUT2D eigenvalue weighted by molar-refractivity contribution is 5.72. The smallest absolute Gasteiger partial charge is 0.389 e. The number of ether oxygens (including phenoxy) is 3. The molecule has 1 aliphatic rings. The van der Waals surface area contributed by atoms with Crippen LogP contribution in [-0.4, -0.2) is 33.7 Å². The summed E-state index contributed by atoms with van der Waals surface area (Å²) in [4.78, 5) is 12.2. The lowest BCUT2D eigenvalue weighted by molar-refractivity contribution is -0.445. The van der Waals surface area contributed by atoms with Gasteiger partial charge in [0.05, 0.1) is 0 Å². The number of carbonyl (C=O) groups excluding carboxylic acids is 1. The van der Waals surface area contributed by atoms with E-state index in [-0.39, 0.29) is 13.2 Å². The lowest BCUT2D eigenvalue weighted by Gasteiger charge is -2.29. The Hall–Kier alpha value is -4.25. The third kappa shape index (κ3) is 23.4. The summed E-state index contributed by atoms with van der Waals surface area (Å²) in [5, 5.41) is 3.09. The van der Waals surface area contributed by atoms with Crippen molar-refractivity contribution in [3.05, 3.63) is 111 Å². The van der Waals surface area contributed by atoms with Gasteiger partial charge in [0.25, 0.3) is 0 Å². The topological polar surface area (TPSA) is 63.2 Å². The fourth-order valence-electron chi connectivity index (χ4n) is 5.49. The van der Waals surface area contributed by atoms with Crippen LogP contribution in [0.15, 0.2) is 106 Å². The van der Waals surface area contributed by atoms with E-state index in [0.29, 0.717) is 29.8 Å². The van der Waals surface area contributed by atoms with E-state index >= 15 is 0 Å². The summed E-state index contributed by atoms with van der Waals surface area (Å²) in [5.74, 6) is 1.99. The van der Waals surface area contributed by atoms with Crippen molar-refractivity contribution in [2.45, 2.75) is 98.1 Å². The zero-order valence-electron chi connectivity index (χ0n) is 33.4. The Morgan fingerprint density at radius 1 is 0.704 bits per heavy atom. The van der Waals surface area contributed by atoms with Crippen molar-refractivity contribution >= 4 is 6.79 Å². The Bertz CT molecular complexity index is 1290. The maximum Gasteiger partial charge on any atom is 0.389 e. The minimum Gasteiger partial charge on any atom is -0.467 e. The number of benzene rings is 3. The Kier molecular flexibility index (Phi) is 35.8. The second kappa shape index (κ2) is 35.8. The van der Waals surface area contributed by atoms with Crippen molar-refractivity contribution in [2.75, 3.05) is 20.7 Å². The predicted molar refractivity (Wildman–Crippen MR) is 216 cm³/mol. The molecular formula is C44H64F4O6. The van der Waals surface area contributed by atoms with Crippen LogP contribution in [0.5, 0.6) is 11.5 Å². The standard InChI is InChI=1S/C32H36F4O5.C3H6.2C2H6.2C2H4.CH2O/c1-37-21-38-30-18-29(19-31(20-30)39-22-40-41-36)28-15-13-27(14-16-28)26-11-9-25(10-12-26)24-7-5-23(6-8-24)4-2-3-17-32(33,34)35;1-3-2;5*1-2/h9-16,18-20,23-24H,2-8,17,21-22H2,1H3;3H,1H2,2H3;2*1-2H3;2*1-2H2;1H2. The highest BCUT2D eigenvalue weighted by Gasteiger charge is 2.27. The lowest BCUT2D eigenvalue weighted by Crippen LogP contribution is -2.14. The molecule has 1 fully saturated rings. The molecule has 0 radical (unpaired) electrons. The monoisotopic (exact) mass is 764 g/mol. The number of allylic oxidation sites excluding steroid dienone is 1. The molecule has 0 spiro atoms. The highest BCUT2D eigenvalue weighted by Crippen LogP contribution is 2.39. The highest BCUT2D eigenvalue weighted by atomic mass is 19.4. The molecule has 0 amide bonds. The van der Waals surface area contributed by atoms with E-state index in [1.165, 1.54) is 12.7 Å². The average molecular weight is 765 g/mol. The van der Waals surface area contributed by atoms with Gasteiger partial charge in [0.1, 0.15) is 18.3 Å². The molecule has 6 nitrogen and oxygen atoms in total. The molecule has 0 bridgehead atoms. The van der Waals surface area contributed by atoms with Crippen molar-refractivity contribution in [3.8, 4) is 33.8 Å². The number of carbonyl (C=O) groups is 1. The van der Waals surface area contributed by atoms with Gasteiger partial charge < -0.3 is 19.0 Å². The number of hydrogen-bond acceptors (Lipinski definition) is 6. The fraction of sp³-hybridized carbons (Fsp3) is 0.432. The van der Waals surface area contributed by atoms with Crippen LogP contribution in [0.3, 0.4) is 0 Å². The summed E-state index contributed by atoms with van der Waals surface area (Å²) in [5.41, 5.74) is 5.30. The van der Waals surface area contributed by atoms with Gasteiger partial charge in [-0.05, 0) is 100 Å². The second-order valence-corrected chi connectivity index (χ2v) is 10.9. The Balaban J connectivity index is -0.00000180. The first-order chi connectivity index (χ1) is 26.3. The number of methoxy groups -OCH3 is 1. The van der Waals surface area contributed by atoms with Crippen LogP contribution in [0.25, 0.3) is 22.3 Å². The van der Waals surface area contributed by atoms with Crippen LogP contribution in [0.1, 0.15) is 97.5 Å². The molecule has 54 heavy (non-hydrogen) atoms. The van der Waals surface area contributed by atoms with Gasteiger partial charge in [-0.2, -0.15) is 18.1 Å². The third-order valence-electron chi connectivity index (χ3n) is 7.64. The first kappa shape index (κ1) is 54.1. The van der Waals surface area contributed by atoms with Gasteiger partial charge in [-0.25, -0.2) is 0 Å². The van der Waals surface area contributed by atoms with E-state index in [0.717, 1.165) is 54.4 Å². The molecule has 0 unspecified atom stereocenters. The molecule has 3 aromatic rings. The van der Waals surface area contributed by atoms with Crippen LogP contribution in [0, 0.1) is 5.92 Å². The van der Waals surface area contributed by atoms with Gasteiger partial charge in [-0.15, -0.1) is 32.9 Å². The molecule has 10 heteroatoms. The molecule has 0 atom stereocenters. The summed E-state index contributed by atoms with van der Waals surface area (Å²) >= 11 is 0. The minimum atomic E-state index is -4.04. The molecule has 4 rings (SSSR count). The molecule has 0 N–H and O–H groups in total. The Morgan fingerprint density at radius 3 is 1.56 bits per heavy atom. The van der Waals surface area contributed by atoms with Crippen molar-refractivity contribution in [1.82, 2.24) is 0 Å².